The summed E-state index contributed by atoms with van der Waals surface area (Å²) < 4.78 is 27.0. The molecule has 0 aliphatic rings. The molecule has 0 aliphatic carbocycles. The molecule has 3 rings (SSSR count). The lowest BCUT2D eigenvalue weighted by Crippen LogP contribution is -2.34. The quantitative estimate of drug-likeness (QED) is 0.605. The lowest BCUT2D eigenvalue weighted by Gasteiger charge is -2.18. The third-order valence-electron chi connectivity index (χ3n) is 4.60. The number of carbonyl (C=O) groups excluding carboxylic acids is 1. The van der Waals surface area contributed by atoms with Gasteiger partial charge in [0.15, 0.2) is 0 Å². The number of halogens is 2. The van der Waals surface area contributed by atoms with Crippen LogP contribution >= 0.6 is 0 Å². The van der Waals surface area contributed by atoms with Gasteiger partial charge in [0.2, 0.25) is 5.91 Å². The van der Waals surface area contributed by atoms with Crippen LogP contribution in [0.4, 0.5) is 8.78 Å². The highest BCUT2D eigenvalue weighted by atomic mass is 19.1. The Morgan fingerprint density at radius 1 is 1.38 bits per heavy atom. The Balaban J connectivity index is 1.91. The second kappa shape index (κ2) is 8.16. The highest BCUT2D eigenvalue weighted by Gasteiger charge is 2.21. The number of aromatic amines is 1. The Labute approximate surface area is 163 Å². The third kappa shape index (κ3) is 3.97. The molecule has 0 bridgehead atoms. The van der Waals surface area contributed by atoms with Crippen molar-refractivity contribution in [3.8, 4) is 6.07 Å². The molecule has 0 saturated heterocycles. The normalized spacial score (nSPS) is 11.8. The van der Waals surface area contributed by atoms with Gasteiger partial charge in [-0.15, -0.1) is 0 Å². The molecule has 29 heavy (non-hydrogen) atoms. The summed E-state index contributed by atoms with van der Waals surface area (Å²) in [5, 5.41) is 21.6. The van der Waals surface area contributed by atoms with E-state index in [9.17, 15) is 28.7 Å². The number of carbonyl (C=O) groups is 1. The molecule has 2 aromatic heterocycles. The summed E-state index contributed by atoms with van der Waals surface area (Å²) in [6.07, 6.45) is 1.03. The van der Waals surface area contributed by atoms with Crippen LogP contribution in [0.1, 0.15) is 28.4 Å². The van der Waals surface area contributed by atoms with Crippen molar-refractivity contribution in [3.05, 3.63) is 74.8 Å². The summed E-state index contributed by atoms with van der Waals surface area (Å²) >= 11 is 0. The van der Waals surface area contributed by atoms with Gasteiger partial charge in [0, 0.05) is 28.8 Å². The number of hydrogen-bond acceptors (Lipinski definition) is 5. The van der Waals surface area contributed by atoms with Crippen LogP contribution in [-0.4, -0.2) is 27.6 Å². The zero-order valence-electron chi connectivity index (χ0n) is 15.3. The maximum absolute atomic E-state index is 14.0. The molecule has 1 unspecified atom stereocenters. The van der Waals surface area contributed by atoms with Gasteiger partial charge in [-0.1, -0.05) is 6.07 Å². The Morgan fingerprint density at radius 3 is 2.79 bits per heavy atom. The van der Waals surface area contributed by atoms with E-state index in [1.807, 2.05) is 6.07 Å². The molecule has 3 N–H and O–H groups in total. The van der Waals surface area contributed by atoms with E-state index < -0.39 is 35.7 Å². The zero-order valence-corrected chi connectivity index (χ0v) is 15.3. The molecule has 2 heterocycles. The molecule has 0 fully saturated rings. The predicted octanol–water partition coefficient (Wildman–Crippen LogP) is 1.77. The summed E-state index contributed by atoms with van der Waals surface area (Å²) in [7, 11) is 0. The standard InChI is InChI=1S/C20H16F2N4O3/c1-10-13(20(29)26-15-4-5-24-16(8-23)19(10)15)7-18(28)25-17(9-27)12-3-2-11(21)6-14(12)22/h2-6,17,27H,7,9H2,1H3,(H,25,28)(H,26,29). The summed E-state index contributed by atoms with van der Waals surface area (Å²) in [6, 6.07) is 5.18. The Bertz CT molecular complexity index is 1200. The first kappa shape index (κ1) is 20.1. The zero-order chi connectivity index (χ0) is 21.1. The van der Waals surface area contributed by atoms with E-state index >= 15 is 0 Å². The number of hydrogen-bond donors (Lipinski definition) is 3. The van der Waals surface area contributed by atoms with Gasteiger partial charge < -0.3 is 15.4 Å². The second-order valence-electron chi connectivity index (χ2n) is 6.40. The minimum absolute atomic E-state index is 0.0811. The number of nitriles is 1. The van der Waals surface area contributed by atoms with Crippen LogP contribution in [-0.2, 0) is 11.2 Å². The van der Waals surface area contributed by atoms with Crippen molar-refractivity contribution in [3.63, 3.8) is 0 Å². The van der Waals surface area contributed by atoms with Gasteiger partial charge in [0.1, 0.15) is 23.4 Å². The number of rotatable bonds is 5. The van der Waals surface area contributed by atoms with Crippen LogP contribution < -0.4 is 10.9 Å². The highest BCUT2D eigenvalue weighted by molar-refractivity contribution is 5.88. The molecular formula is C20H16F2N4O3. The lowest BCUT2D eigenvalue weighted by atomic mass is 10.0. The summed E-state index contributed by atoms with van der Waals surface area (Å²) in [5.41, 5.74) is 0.494. The van der Waals surface area contributed by atoms with E-state index in [1.165, 1.54) is 6.20 Å². The van der Waals surface area contributed by atoms with Crippen LogP contribution in [0, 0.1) is 29.9 Å². The number of benzene rings is 1. The molecule has 1 aromatic carbocycles. The molecule has 0 aliphatic heterocycles. The predicted molar refractivity (Wildman–Crippen MR) is 99.8 cm³/mol. The largest absolute Gasteiger partial charge is 0.394 e. The Kier molecular flexibility index (Phi) is 5.66. The first-order valence-electron chi connectivity index (χ1n) is 8.61. The van der Waals surface area contributed by atoms with Crippen molar-refractivity contribution < 1.29 is 18.7 Å². The molecule has 7 nitrogen and oxygen atoms in total. The molecule has 0 spiro atoms. The summed E-state index contributed by atoms with van der Waals surface area (Å²) in [4.78, 5) is 31.5. The summed E-state index contributed by atoms with van der Waals surface area (Å²) in [6.45, 7) is 0.982. The van der Waals surface area contributed by atoms with Crippen LogP contribution in [0.3, 0.4) is 0 Å². The number of fused-ring (bicyclic) bond motifs is 1. The topological polar surface area (TPSA) is 119 Å². The average Bonchev–Trinajstić information content (AvgIpc) is 2.69. The van der Waals surface area contributed by atoms with Gasteiger partial charge in [0.25, 0.3) is 5.56 Å². The number of aliphatic hydroxyl groups excluding tert-OH is 1. The second-order valence-corrected chi connectivity index (χ2v) is 6.40. The number of aliphatic hydroxyl groups is 1. The van der Waals surface area contributed by atoms with Crippen molar-refractivity contribution in [2.75, 3.05) is 6.61 Å². The molecule has 3 aromatic rings. The third-order valence-corrected chi connectivity index (χ3v) is 4.60. The van der Waals surface area contributed by atoms with Crippen molar-refractivity contribution in [1.29, 1.82) is 5.26 Å². The Hall–Kier alpha value is -3.64. The maximum atomic E-state index is 14.0. The molecule has 0 saturated carbocycles. The number of pyridine rings is 2. The number of nitrogens with one attached hydrogen (secondary N) is 2. The molecule has 148 valence electrons. The number of aromatic nitrogens is 2. The average molecular weight is 398 g/mol. The van der Waals surface area contributed by atoms with Gasteiger partial charge >= 0.3 is 0 Å². The van der Waals surface area contributed by atoms with E-state index in [4.69, 9.17) is 0 Å². The molecule has 1 atom stereocenters. The maximum Gasteiger partial charge on any atom is 0.252 e. The fourth-order valence-corrected chi connectivity index (χ4v) is 3.17. The minimum Gasteiger partial charge on any atom is -0.394 e. The van der Waals surface area contributed by atoms with Gasteiger partial charge in [-0.2, -0.15) is 5.26 Å². The smallest absolute Gasteiger partial charge is 0.252 e. The monoisotopic (exact) mass is 398 g/mol. The van der Waals surface area contributed by atoms with Crippen molar-refractivity contribution in [1.82, 2.24) is 15.3 Å². The van der Waals surface area contributed by atoms with E-state index in [2.05, 4.69) is 15.3 Å². The van der Waals surface area contributed by atoms with Gasteiger partial charge in [-0.25, -0.2) is 13.8 Å². The fourth-order valence-electron chi connectivity index (χ4n) is 3.17. The minimum atomic E-state index is -1.11. The van der Waals surface area contributed by atoms with Gasteiger partial charge in [-0.3, -0.25) is 9.59 Å². The number of aryl methyl sites for hydroxylation is 1. The van der Waals surface area contributed by atoms with Crippen LogP contribution in [0.2, 0.25) is 0 Å². The van der Waals surface area contributed by atoms with Crippen molar-refractivity contribution >= 4 is 16.8 Å². The first-order chi connectivity index (χ1) is 13.8. The van der Waals surface area contributed by atoms with Crippen LogP contribution in [0.15, 0.2) is 35.3 Å². The molecular weight excluding hydrogens is 382 g/mol. The fraction of sp³-hybridized carbons (Fsp3) is 0.200. The van der Waals surface area contributed by atoms with Crippen molar-refractivity contribution in [2.45, 2.75) is 19.4 Å². The lowest BCUT2D eigenvalue weighted by molar-refractivity contribution is -0.121. The molecule has 9 heteroatoms. The number of H-pyrrole nitrogens is 1. The van der Waals surface area contributed by atoms with E-state index in [0.717, 1.165) is 12.1 Å². The van der Waals surface area contributed by atoms with E-state index in [1.54, 1.807) is 13.0 Å². The van der Waals surface area contributed by atoms with Gasteiger partial charge in [0.05, 0.1) is 24.6 Å². The first-order valence-corrected chi connectivity index (χ1v) is 8.61. The SMILES string of the molecule is Cc1c(CC(=O)NC(CO)c2ccc(F)cc2F)c(=O)[nH]c2ccnc(C#N)c12. The van der Waals surface area contributed by atoms with E-state index in [-0.39, 0.29) is 23.2 Å². The highest BCUT2D eigenvalue weighted by Crippen LogP contribution is 2.21. The molecule has 1 amide bonds. The summed E-state index contributed by atoms with van der Waals surface area (Å²) in [5.74, 6) is -2.34. The van der Waals surface area contributed by atoms with Crippen LogP contribution in [0.25, 0.3) is 10.9 Å². The van der Waals surface area contributed by atoms with Gasteiger partial charge in [-0.05, 0) is 24.6 Å². The van der Waals surface area contributed by atoms with Crippen molar-refractivity contribution in [2.24, 2.45) is 0 Å². The Morgan fingerprint density at radius 2 is 2.14 bits per heavy atom. The van der Waals surface area contributed by atoms with E-state index in [0.29, 0.717) is 22.5 Å². The molecule has 0 radical (unpaired) electrons. The van der Waals surface area contributed by atoms with Crippen LogP contribution in [0.5, 0.6) is 0 Å². The number of amides is 1. The number of nitrogens with zero attached hydrogens (tertiary/aromatic N) is 2.